The summed E-state index contributed by atoms with van der Waals surface area (Å²) in [7, 11) is 0. The Hall–Kier alpha value is -0.840. The van der Waals surface area contributed by atoms with E-state index >= 15 is 0 Å². The predicted octanol–water partition coefficient (Wildman–Crippen LogP) is 4.22. The SMILES string of the molecule is F[C](F)C(F)(F)C(F)(F)C(F)(F)C(F)(F)C(F)F. The van der Waals surface area contributed by atoms with Crippen LogP contribution in [0, 0.1) is 6.43 Å². The molecule has 1 radical (unpaired) electrons. The molecule has 0 aliphatic carbocycles. The van der Waals surface area contributed by atoms with Crippen LogP contribution in [0.5, 0.6) is 0 Å². The molecule has 0 bridgehead atoms. The van der Waals surface area contributed by atoms with Crippen LogP contribution < -0.4 is 0 Å². The van der Waals surface area contributed by atoms with Crippen LogP contribution >= 0.6 is 0 Å². The van der Waals surface area contributed by atoms with Crippen molar-refractivity contribution in [3.05, 3.63) is 6.43 Å². The Kier molecular flexibility index (Phi) is 4.16. The summed E-state index contributed by atoms with van der Waals surface area (Å²) in [6.45, 7) is 0. The van der Waals surface area contributed by atoms with Gasteiger partial charge in [-0.1, -0.05) is 0 Å². The molecule has 0 fully saturated rings. The van der Waals surface area contributed by atoms with E-state index in [0.717, 1.165) is 0 Å². The standard InChI is InChI=1S/C6HF12/c7-1(8)3(11,12)5(15,16)6(17,18)4(13,14)2(9)10/h1H. The Bertz CT molecular complexity index is 261. The van der Waals surface area contributed by atoms with E-state index in [0.29, 0.717) is 0 Å². The lowest BCUT2D eigenvalue weighted by Gasteiger charge is -2.35. The second-order valence-electron chi connectivity index (χ2n) is 2.91. The van der Waals surface area contributed by atoms with E-state index in [1.54, 1.807) is 0 Å². The first-order valence-electron chi connectivity index (χ1n) is 3.61. The highest BCUT2D eigenvalue weighted by atomic mass is 19.4. The van der Waals surface area contributed by atoms with E-state index in [1.807, 2.05) is 0 Å². The maximum atomic E-state index is 12.3. The Balaban J connectivity index is 5.74. The van der Waals surface area contributed by atoms with Crippen molar-refractivity contribution in [2.24, 2.45) is 0 Å². The van der Waals surface area contributed by atoms with Crippen molar-refractivity contribution in [1.82, 2.24) is 0 Å². The van der Waals surface area contributed by atoms with Crippen LogP contribution in [0.4, 0.5) is 52.7 Å². The molecule has 0 aliphatic heterocycles. The van der Waals surface area contributed by atoms with Crippen molar-refractivity contribution in [2.75, 3.05) is 0 Å². The third-order valence-corrected chi connectivity index (χ3v) is 1.72. The molecule has 0 saturated heterocycles. The molecule has 12 heteroatoms. The Labute approximate surface area is 90.6 Å². The van der Waals surface area contributed by atoms with Crippen LogP contribution in [0.15, 0.2) is 0 Å². The molecule has 0 N–H and O–H groups in total. The van der Waals surface area contributed by atoms with Gasteiger partial charge in [0, 0.05) is 0 Å². The molecule has 0 aromatic heterocycles. The van der Waals surface area contributed by atoms with Crippen LogP contribution in [-0.2, 0) is 0 Å². The molecule has 0 amide bonds. The first-order chi connectivity index (χ1) is 7.64. The molecule has 0 unspecified atom stereocenters. The van der Waals surface area contributed by atoms with Gasteiger partial charge in [-0.05, 0) is 0 Å². The maximum absolute atomic E-state index is 12.3. The molecule has 0 heterocycles. The van der Waals surface area contributed by atoms with Gasteiger partial charge >= 0.3 is 36.5 Å². The topological polar surface area (TPSA) is 0 Å². The van der Waals surface area contributed by atoms with E-state index in [4.69, 9.17) is 0 Å². The Morgan fingerprint density at radius 3 is 1.22 bits per heavy atom. The lowest BCUT2D eigenvalue weighted by atomic mass is 9.99. The average Bonchev–Trinajstić information content (AvgIpc) is 2.15. The average molecular weight is 301 g/mol. The van der Waals surface area contributed by atoms with Gasteiger partial charge in [0.15, 0.2) is 0 Å². The van der Waals surface area contributed by atoms with E-state index in [-0.39, 0.29) is 0 Å². The molecule has 0 saturated carbocycles. The second kappa shape index (κ2) is 4.37. The highest BCUT2D eigenvalue weighted by Gasteiger charge is 2.85. The molecule has 0 rings (SSSR count). The lowest BCUT2D eigenvalue weighted by molar-refractivity contribution is -0.387. The van der Waals surface area contributed by atoms with Crippen LogP contribution in [0.2, 0.25) is 0 Å². The number of halogens is 12. The molecule has 0 aromatic carbocycles. The van der Waals surface area contributed by atoms with Crippen molar-refractivity contribution < 1.29 is 52.7 Å². The van der Waals surface area contributed by atoms with Gasteiger partial charge in [-0.25, -0.2) is 8.78 Å². The molecule has 109 valence electrons. The summed E-state index contributed by atoms with van der Waals surface area (Å²) in [6.07, 6.45) is -10.1. The Morgan fingerprint density at radius 2 is 1.00 bits per heavy atom. The summed E-state index contributed by atoms with van der Waals surface area (Å²) < 4.78 is 143. The van der Waals surface area contributed by atoms with Crippen LogP contribution in [0.25, 0.3) is 0 Å². The smallest absolute Gasteiger partial charge is 0.203 e. The number of hydrogen-bond acceptors (Lipinski definition) is 0. The second-order valence-corrected chi connectivity index (χ2v) is 2.91. The van der Waals surface area contributed by atoms with Gasteiger partial charge in [-0.2, -0.15) is 43.9 Å². The van der Waals surface area contributed by atoms with Crippen LogP contribution in [-0.4, -0.2) is 30.1 Å². The third-order valence-electron chi connectivity index (χ3n) is 1.72. The van der Waals surface area contributed by atoms with Crippen molar-refractivity contribution in [3.8, 4) is 0 Å². The van der Waals surface area contributed by atoms with Gasteiger partial charge in [0.05, 0.1) is 0 Å². The molecule has 0 nitrogen and oxygen atoms in total. The number of rotatable bonds is 5. The van der Waals surface area contributed by atoms with Gasteiger partial charge in [-0.15, -0.1) is 0 Å². The molecule has 0 aliphatic rings. The van der Waals surface area contributed by atoms with Gasteiger partial charge in [-0.3, -0.25) is 0 Å². The predicted molar refractivity (Wildman–Crippen MR) is 31.3 cm³/mol. The summed E-state index contributed by atoms with van der Waals surface area (Å²) in [4.78, 5) is 0. The molecule has 0 atom stereocenters. The summed E-state index contributed by atoms with van der Waals surface area (Å²) in [5.74, 6) is -28.7. The monoisotopic (exact) mass is 301 g/mol. The minimum Gasteiger partial charge on any atom is -0.203 e. The fourth-order valence-corrected chi connectivity index (χ4v) is 0.662. The number of hydrogen-bond donors (Lipinski definition) is 0. The molecule has 18 heavy (non-hydrogen) atoms. The highest BCUT2D eigenvalue weighted by Crippen LogP contribution is 2.56. The Morgan fingerprint density at radius 1 is 0.667 bits per heavy atom. The highest BCUT2D eigenvalue weighted by molar-refractivity contribution is 5.09. The number of alkyl halides is 10. The summed E-state index contributed by atoms with van der Waals surface area (Å²) in [5.41, 5.74) is 0. The van der Waals surface area contributed by atoms with Crippen molar-refractivity contribution in [3.63, 3.8) is 0 Å². The quantitative estimate of drug-likeness (QED) is 0.667. The molecule has 0 spiro atoms. The maximum Gasteiger partial charge on any atom is 0.385 e. The fourth-order valence-electron chi connectivity index (χ4n) is 0.662. The van der Waals surface area contributed by atoms with E-state index in [9.17, 15) is 52.7 Å². The van der Waals surface area contributed by atoms with Gasteiger partial charge in [0.25, 0.3) is 0 Å². The third kappa shape index (κ3) is 2.09. The first kappa shape index (κ1) is 17.2. The minimum atomic E-state index is -7.40. The first-order valence-corrected chi connectivity index (χ1v) is 3.61. The largest absolute Gasteiger partial charge is 0.385 e. The minimum absolute atomic E-state index is 4.61. The zero-order valence-electron chi connectivity index (χ0n) is 7.61. The summed E-state index contributed by atoms with van der Waals surface area (Å²) in [5, 5.41) is 0. The normalized spacial score (nSPS) is 15.7. The fraction of sp³-hybridized carbons (Fsp3) is 0.833. The van der Waals surface area contributed by atoms with Crippen molar-refractivity contribution in [1.29, 1.82) is 0 Å². The van der Waals surface area contributed by atoms with Gasteiger partial charge < -0.3 is 0 Å². The molecular formula is C6HF12. The lowest BCUT2D eigenvalue weighted by Crippen LogP contribution is -2.64. The van der Waals surface area contributed by atoms with E-state index < -0.39 is 36.5 Å². The van der Waals surface area contributed by atoms with Crippen molar-refractivity contribution in [2.45, 2.75) is 30.1 Å². The summed E-state index contributed by atoms with van der Waals surface area (Å²) in [6, 6.07) is 0. The zero-order valence-corrected chi connectivity index (χ0v) is 7.61. The molecule has 0 aromatic rings. The van der Waals surface area contributed by atoms with Gasteiger partial charge in [0.1, 0.15) is 0 Å². The van der Waals surface area contributed by atoms with E-state index in [2.05, 4.69) is 0 Å². The zero-order chi connectivity index (χ0) is 15.2. The van der Waals surface area contributed by atoms with E-state index in [1.165, 1.54) is 0 Å². The summed E-state index contributed by atoms with van der Waals surface area (Å²) >= 11 is 0. The van der Waals surface area contributed by atoms with Crippen LogP contribution in [0.3, 0.4) is 0 Å². The van der Waals surface area contributed by atoms with Gasteiger partial charge in [0.2, 0.25) is 0 Å². The molecular weight excluding hydrogens is 300 g/mol. The van der Waals surface area contributed by atoms with Crippen molar-refractivity contribution >= 4 is 0 Å². The van der Waals surface area contributed by atoms with Crippen LogP contribution in [0.1, 0.15) is 0 Å².